The number of benzene rings is 2. The van der Waals surface area contributed by atoms with Crippen molar-refractivity contribution in [1.82, 2.24) is 14.9 Å². The first kappa shape index (κ1) is 15.8. The van der Waals surface area contributed by atoms with Gasteiger partial charge in [-0.05, 0) is 50.1 Å². The summed E-state index contributed by atoms with van der Waals surface area (Å²) in [6, 6.07) is 15.8. The second kappa shape index (κ2) is 6.69. The number of nitrogens with one attached hydrogen (secondary N) is 1. The molecule has 1 saturated heterocycles. The maximum absolute atomic E-state index is 12.4. The highest BCUT2D eigenvalue weighted by Gasteiger charge is 2.17. The molecule has 0 saturated carbocycles. The zero-order valence-corrected chi connectivity index (χ0v) is 14.2. The number of para-hydroxylation sites is 1. The Bertz CT molecular complexity index is 896. The lowest BCUT2D eigenvalue weighted by Gasteiger charge is -2.11. The van der Waals surface area contributed by atoms with E-state index in [1.165, 1.54) is 0 Å². The van der Waals surface area contributed by atoms with Crippen LogP contribution in [0.25, 0.3) is 16.7 Å². The molecule has 0 unspecified atom stereocenters. The lowest BCUT2D eigenvalue weighted by molar-refractivity contribution is 0.0858. The summed E-state index contributed by atoms with van der Waals surface area (Å²) in [5.74, 6) is 0.822. The van der Waals surface area contributed by atoms with Crippen molar-refractivity contribution in [3.63, 3.8) is 0 Å². The fraction of sp³-hybridized carbons (Fsp3) is 0.300. The van der Waals surface area contributed by atoms with Crippen LogP contribution in [-0.4, -0.2) is 34.7 Å². The molecule has 0 radical (unpaired) electrons. The smallest absolute Gasteiger partial charge is 0.251 e. The molecule has 0 spiro atoms. The summed E-state index contributed by atoms with van der Waals surface area (Å²) >= 11 is 0. The maximum Gasteiger partial charge on any atom is 0.251 e. The van der Waals surface area contributed by atoms with E-state index >= 15 is 0 Å². The summed E-state index contributed by atoms with van der Waals surface area (Å²) in [5, 5.41) is 2.96. The van der Waals surface area contributed by atoms with Crippen LogP contribution in [0.5, 0.6) is 0 Å². The van der Waals surface area contributed by atoms with Gasteiger partial charge in [-0.25, -0.2) is 4.98 Å². The molecule has 2 heterocycles. The lowest BCUT2D eigenvalue weighted by Crippen LogP contribution is -2.31. The van der Waals surface area contributed by atoms with Gasteiger partial charge in [0, 0.05) is 24.4 Å². The third-order valence-corrected chi connectivity index (χ3v) is 4.61. The van der Waals surface area contributed by atoms with Crippen LogP contribution < -0.4 is 5.32 Å². The van der Waals surface area contributed by atoms with E-state index in [0.29, 0.717) is 12.1 Å². The zero-order valence-electron chi connectivity index (χ0n) is 14.2. The first-order valence-electron chi connectivity index (χ1n) is 8.67. The molecule has 1 aliphatic rings. The molecule has 1 aromatic heterocycles. The lowest BCUT2D eigenvalue weighted by atomic mass is 10.1. The molecule has 1 N–H and O–H groups in total. The summed E-state index contributed by atoms with van der Waals surface area (Å²) in [4.78, 5) is 17.0. The van der Waals surface area contributed by atoms with Crippen LogP contribution in [0.3, 0.4) is 0 Å². The van der Waals surface area contributed by atoms with Crippen molar-refractivity contribution < 1.29 is 9.53 Å². The van der Waals surface area contributed by atoms with Gasteiger partial charge in [-0.2, -0.15) is 0 Å². The first-order chi connectivity index (χ1) is 12.2. The largest absolute Gasteiger partial charge is 0.376 e. The zero-order chi connectivity index (χ0) is 17.2. The number of imidazole rings is 1. The highest BCUT2D eigenvalue weighted by molar-refractivity contribution is 5.97. The molecular weight excluding hydrogens is 314 g/mol. The van der Waals surface area contributed by atoms with E-state index in [-0.39, 0.29) is 12.0 Å². The van der Waals surface area contributed by atoms with Crippen molar-refractivity contribution in [2.75, 3.05) is 13.2 Å². The van der Waals surface area contributed by atoms with Gasteiger partial charge in [0.1, 0.15) is 5.82 Å². The SMILES string of the molecule is Cc1nc2cc(C(=O)NC[C@@H]3CCCO3)ccc2n1-c1ccccc1. The molecule has 4 rings (SSSR count). The van der Waals surface area contributed by atoms with E-state index in [0.717, 1.165) is 42.0 Å². The van der Waals surface area contributed by atoms with Crippen molar-refractivity contribution in [1.29, 1.82) is 0 Å². The number of amides is 1. The minimum Gasteiger partial charge on any atom is -0.376 e. The number of nitrogens with zero attached hydrogens (tertiary/aromatic N) is 2. The van der Waals surface area contributed by atoms with Gasteiger partial charge in [0.25, 0.3) is 5.91 Å². The van der Waals surface area contributed by atoms with Crippen LogP contribution >= 0.6 is 0 Å². The van der Waals surface area contributed by atoms with E-state index < -0.39 is 0 Å². The van der Waals surface area contributed by atoms with Crippen LogP contribution in [-0.2, 0) is 4.74 Å². The summed E-state index contributed by atoms with van der Waals surface area (Å²) < 4.78 is 7.65. The number of aromatic nitrogens is 2. The number of carbonyl (C=O) groups excluding carboxylic acids is 1. The van der Waals surface area contributed by atoms with E-state index in [1.54, 1.807) is 0 Å². The molecule has 3 aromatic rings. The van der Waals surface area contributed by atoms with Crippen molar-refractivity contribution in [2.24, 2.45) is 0 Å². The van der Waals surface area contributed by atoms with Crippen molar-refractivity contribution in [3.8, 4) is 5.69 Å². The van der Waals surface area contributed by atoms with Crippen LogP contribution in [0.15, 0.2) is 48.5 Å². The molecule has 1 aliphatic heterocycles. The van der Waals surface area contributed by atoms with Gasteiger partial charge in [-0.3, -0.25) is 9.36 Å². The van der Waals surface area contributed by atoms with Crippen LogP contribution in [0, 0.1) is 6.92 Å². The number of rotatable bonds is 4. The average molecular weight is 335 g/mol. The Morgan fingerprint density at radius 1 is 1.28 bits per heavy atom. The molecule has 1 atom stereocenters. The predicted octanol–water partition coefficient (Wildman–Crippen LogP) is 3.24. The summed E-state index contributed by atoms with van der Waals surface area (Å²) in [6.45, 7) is 3.33. The second-order valence-corrected chi connectivity index (χ2v) is 6.38. The van der Waals surface area contributed by atoms with Crippen LogP contribution in [0.4, 0.5) is 0 Å². The van der Waals surface area contributed by atoms with Crippen molar-refractivity contribution in [2.45, 2.75) is 25.9 Å². The second-order valence-electron chi connectivity index (χ2n) is 6.38. The highest BCUT2D eigenvalue weighted by Crippen LogP contribution is 2.22. The molecule has 0 aliphatic carbocycles. The molecule has 5 nitrogen and oxygen atoms in total. The van der Waals surface area contributed by atoms with E-state index in [9.17, 15) is 4.79 Å². The quantitative estimate of drug-likeness (QED) is 0.796. The van der Waals surface area contributed by atoms with Crippen LogP contribution in [0.1, 0.15) is 29.0 Å². The fourth-order valence-electron chi connectivity index (χ4n) is 3.36. The third-order valence-electron chi connectivity index (χ3n) is 4.61. The highest BCUT2D eigenvalue weighted by atomic mass is 16.5. The molecular formula is C20H21N3O2. The number of fused-ring (bicyclic) bond motifs is 1. The standard InChI is InChI=1S/C20H21N3O2/c1-14-22-18-12-15(20(24)21-13-17-8-5-11-25-17)9-10-19(18)23(14)16-6-3-2-4-7-16/h2-4,6-7,9-10,12,17H,5,8,11,13H2,1H3,(H,21,24)/t17-/m0/s1. The van der Waals surface area contributed by atoms with Crippen LogP contribution in [0.2, 0.25) is 0 Å². The molecule has 5 heteroatoms. The maximum atomic E-state index is 12.4. The first-order valence-corrected chi connectivity index (χ1v) is 8.67. The Balaban J connectivity index is 1.59. The average Bonchev–Trinajstić information content (AvgIpc) is 3.26. The number of aryl methyl sites for hydroxylation is 1. The van der Waals surface area contributed by atoms with Gasteiger partial charge < -0.3 is 10.1 Å². The van der Waals surface area contributed by atoms with E-state index in [2.05, 4.69) is 27.0 Å². The summed E-state index contributed by atoms with van der Waals surface area (Å²) in [7, 11) is 0. The Labute approximate surface area is 146 Å². The number of ether oxygens (including phenoxy) is 1. The van der Waals surface area contributed by atoms with E-state index in [1.807, 2.05) is 43.3 Å². The monoisotopic (exact) mass is 335 g/mol. The summed E-state index contributed by atoms with van der Waals surface area (Å²) in [6.07, 6.45) is 2.23. The number of hydrogen-bond donors (Lipinski definition) is 1. The number of carbonyl (C=O) groups is 1. The van der Waals surface area contributed by atoms with Gasteiger partial charge in [-0.15, -0.1) is 0 Å². The Morgan fingerprint density at radius 2 is 2.12 bits per heavy atom. The normalized spacial score (nSPS) is 17.1. The number of hydrogen-bond acceptors (Lipinski definition) is 3. The van der Waals surface area contributed by atoms with Gasteiger partial charge in [0.05, 0.1) is 17.1 Å². The third kappa shape index (κ3) is 3.15. The van der Waals surface area contributed by atoms with Gasteiger partial charge in [-0.1, -0.05) is 18.2 Å². The Hall–Kier alpha value is -2.66. The van der Waals surface area contributed by atoms with Crippen molar-refractivity contribution in [3.05, 3.63) is 59.9 Å². The van der Waals surface area contributed by atoms with Gasteiger partial charge in [0.15, 0.2) is 0 Å². The predicted molar refractivity (Wildman–Crippen MR) is 97.1 cm³/mol. The topological polar surface area (TPSA) is 56.1 Å². The van der Waals surface area contributed by atoms with Crippen molar-refractivity contribution >= 4 is 16.9 Å². The fourth-order valence-corrected chi connectivity index (χ4v) is 3.36. The van der Waals surface area contributed by atoms with Gasteiger partial charge in [0.2, 0.25) is 0 Å². The molecule has 1 fully saturated rings. The minimum absolute atomic E-state index is 0.0793. The van der Waals surface area contributed by atoms with E-state index in [4.69, 9.17) is 4.74 Å². The molecule has 2 aromatic carbocycles. The molecule has 1 amide bonds. The molecule has 25 heavy (non-hydrogen) atoms. The Kier molecular flexibility index (Phi) is 4.24. The minimum atomic E-state index is -0.0793. The molecule has 128 valence electrons. The molecule has 0 bridgehead atoms. The summed E-state index contributed by atoms with van der Waals surface area (Å²) in [5.41, 5.74) is 3.52. The van der Waals surface area contributed by atoms with Gasteiger partial charge >= 0.3 is 0 Å². The Morgan fingerprint density at radius 3 is 2.88 bits per heavy atom.